The first-order valence-electron chi connectivity index (χ1n) is 10.5. The molecule has 1 saturated carbocycles. The van der Waals surface area contributed by atoms with Crippen LogP contribution < -0.4 is 19.5 Å². The van der Waals surface area contributed by atoms with Gasteiger partial charge in [-0.2, -0.15) is 0 Å². The van der Waals surface area contributed by atoms with E-state index in [-0.39, 0.29) is 5.91 Å². The fourth-order valence-corrected chi connectivity index (χ4v) is 3.56. The Labute approximate surface area is 178 Å². The number of methoxy groups -OCH3 is 2. The number of benzene rings is 2. The van der Waals surface area contributed by atoms with Crippen molar-refractivity contribution in [3.63, 3.8) is 0 Å². The Morgan fingerprint density at radius 2 is 1.87 bits per heavy atom. The molecule has 162 valence electrons. The molecule has 1 amide bonds. The quantitative estimate of drug-likeness (QED) is 0.545. The van der Waals surface area contributed by atoms with Gasteiger partial charge >= 0.3 is 0 Å². The molecule has 0 bridgehead atoms. The molecule has 0 atom stereocenters. The molecule has 0 unspecified atom stereocenters. The van der Waals surface area contributed by atoms with Gasteiger partial charge < -0.3 is 24.3 Å². The number of anilines is 1. The van der Waals surface area contributed by atoms with Crippen LogP contribution >= 0.6 is 0 Å². The molecule has 0 saturated heterocycles. The number of ether oxygens (including phenoxy) is 4. The summed E-state index contributed by atoms with van der Waals surface area (Å²) in [7, 11) is 3.20. The molecule has 1 aliphatic carbocycles. The Morgan fingerprint density at radius 3 is 2.63 bits per heavy atom. The summed E-state index contributed by atoms with van der Waals surface area (Å²) in [5.41, 5.74) is 1.77. The molecular weight excluding hydrogens is 382 g/mol. The number of rotatable bonds is 11. The van der Waals surface area contributed by atoms with E-state index in [0.717, 1.165) is 24.2 Å². The standard InChI is InChI=1S/C24H31NO5/c1-27-14-15-29-23-17-19(11-12-22(23)28-2)25-24(26)13-10-18-6-5-9-21(16-18)30-20-7-3-4-8-20/h5-6,9,11-12,16-17,20H,3-4,7-8,10,13-15H2,1-2H3,(H,25,26). The van der Waals surface area contributed by atoms with Crippen molar-refractivity contribution in [1.29, 1.82) is 0 Å². The monoisotopic (exact) mass is 413 g/mol. The summed E-state index contributed by atoms with van der Waals surface area (Å²) in [6, 6.07) is 13.4. The van der Waals surface area contributed by atoms with Crippen molar-refractivity contribution in [1.82, 2.24) is 0 Å². The minimum absolute atomic E-state index is 0.0508. The van der Waals surface area contributed by atoms with E-state index in [1.807, 2.05) is 24.3 Å². The van der Waals surface area contributed by atoms with Crippen LogP contribution in [0.3, 0.4) is 0 Å². The van der Waals surface area contributed by atoms with E-state index in [1.165, 1.54) is 12.8 Å². The molecule has 6 nitrogen and oxygen atoms in total. The SMILES string of the molecule is COCCOc1cc(NC(=O)CCc2cccc(OC3CCCC3)c2)ccc1OC. The van der Waals surface area contributed by atoms with Crippen molar-refractivity contribution in [2.24, 2.45) is 0 Å². The second-order valence-electron chi connectivity index (χ2n) is 7.43. The Hall–Kier alpha value is -2.73. The maximum absolute atomic E-state index is 12.4. The van der Waals surface area contributed by atoms with E-state index in [4.69, 9.17) is 18.9 Å². The lowest BCUT2D eigenvalue weighted by molar-refractivity contribution is -0.116. The number of amides is 1. The van der Waals surface area contributed by atoms with Gasteiger partial charge in [-0.05, 0) is 61.9 Å². The maximum atomic E-state index is 12.4. The Balaban J connectivity index is 1.52. The molecule has 6 heteroatoms. The lowest BCUT2D eigenvalue weighted by Gasteiger charge is -2.14. The molecule has 3 rings (SSSR count). The molecule has 1 N–H and O–H groups in total. The van der Waals surface area contributed by atoms with E-state index in [1.54, 1.807) is 32.4 Å². The summed E-state index contributed by atoms with van der Waals surface area (Å²) in [5.74, 6) is 2.03. The van der Waals surface area contributed by atoms with Crippen LogP contribution in [0.4, 0.5) is 5.69 Å². The first-order valence-corrected chi connectivity index (χ1v) is 10.5. The molecule has 1 aliphatic rings. The number of hydrogen-bond donors (Lipinski definition) is 1. The highest BCUT2D eigenvalue weighted by molar-refractivity contribution is 5.91. The van der Waals surface area contributed by atoms with Gasteiger partial charge in [-0.15, -0.1) is 0 Å². The number of aryl methyl sites for hydroxylation is 1. The highest BCUT2D eigenvalue weighted by Gasteiger charge is 2.16. The zero-order valence-corrected chi connectivity index (χ0v) is 17.8. The normalized spacial score (nSPS) is 13.8. The van der Waals surface area contributed by atoms with Gasteiger partial charge in [0, 0.05) is 25.3 Å². The summed E-state index contributed by atoms with van der Waals surface area (Å²) in [4.78, 5) is 12.4. The van der Waals surface area contributed by atoms with Gasteiger partial charge in [-0.3, -0.25) is 4.79 Å². The third-order valence-electron chi connectivity index (χ3n) is 5.14. The summed E-state index contributed by atoms with van der Waals surface area (Å²) in [6.07, 6.45) is 6.13. The van der Waals surface area contributed by atoms with Crippen molar-refractivity contribution in [3.05, 3.63) is 48.0 Å². The van der Waals surface area contributed by atoms with E-state index in [0.29, 0.717) is 49.3 Å². The Bertz CT molecular complexity index is 817. The average Bonchev–Trinajstić information content (AvgIpc) is 3.26. The van der Waals surface area contributed by atoms with Gasteiger partial charge in [0.1, 0.15) is 12.4 Å². The van der Waals surface area contributed by atoms with Crippen molar-refractivity contribution >= 4 is 11.6 Å². The van der Waals surface area contributed by atoms with Gasteiger partial charge in [0.15, 0.2) is 11.5 Å². The topological polar surface area (TPSA) is 66.0 Å². The fraction of sp³-hybridized carbons (Fsp3) is 0.458. The molecule has 0 aliphatic heterocycles. The van der Waals surface area contributed by atoms with Crippen LogP contribution in [0.2, 0.25) is 0 Å². The molecular formula is C24H31NO5. The molecule has 0 spiro atoms. The Morgan fingerprint density at radius 1 is 1.03 bits per heavy atom. The van der Waals surface area contributed by atoms with Crippen molar-refractivity contribution in [2.75, 3.05) is 32.8 Å². The van der Waals surface area contributed by atoms with E-state index in [9.17, 15) is 4.79 Å². The largest absolute Gasteiger partial charge is 0.493 e. The van der Waals surface area contributed by atoms with Gasteiger partial charge in [-0.25, -0.2) is 0 Å². The highest BCUT2D eigenvalue weighted by atomic mass is 16.5. The van der Waals surface area contributed by atoms with Crippen LogP contribution in [-0.4, -0.2) is 39.4 Å². The Kier molecular flexibility index (Phi) is 8.39. The second-order valence-corrected chi connectivity index (χ2v) is 7.43. The third-order valence-corrected chi connectivity index (χ3v) is 5.14. The number of nitrogens with one attached hydrogen (secondary N) is 1. The maximum Gasteiger partial charge on any atom is 0.224 e. The third kappa shape index (κ3) is 6.66. The van der Waals surface area contributed by atoms with Crippen LogP contribution in [0, 0.1) is 0 Å². The molecule has 1 fully saturated rings. The number of hydrogen-bond acceptors (Lipinski definition) is 5. The minimum Gasteiger partial charge on any atom is -0.493 e. The van der Waals surface area contributed by atoms with Crippen molar-refractivity contribution in [3.8, 4) is 17.2 Å². The molecule has 0 radical (unpaired) electrons. The van der Waals surface area contributed by atoms with Crippen LogP contribution in [0.15, 0.2) is 42.5 Å². The molecule has 2 aromatic rings. The van der Waals surface area contributed by atoms with Crippen molar-refractivity contribution in [2.45, 2.75) is 44.6 Å². The van der Waals surface area contributed by atoms with Gasteiger partial charge in [-0.1, -0.05) is 12.1 Å². The first-order chi connectivity index (χ1) is 14.7. The van der Waals surface area contributed by atoms with Gasteiger partial charge in [0.25, 0.3) is 0 Å². The first kappa shape index (κ1) is 22.0. The molecule has 0 aromatic heterocycles. The van der Waals surface area contributed by atoms with E-state index >= 15 is 0 Å². The van der Waals surface area contributed by atoms with E-state index in [2.05, 4.69) is 5.32 Å². The predicted octanol–water partition coefficient (Wildman–Crippen LogP) is 4.61. The summed E-state index contributed by atoms with van der Waals surface area (Å²) in [6.45, 7) is 0.882. The lowest BCUT2D eigenvalue weighted by Crippen LogP contribution is -2.13. The highest BCUT2D eigenvalue weighted by Crippen LogP contribution is 2.30. The molecule has 30 heavy (non-hydrogen) atoms. The number of carbonyl (C=O) groups excluding carboxylic acids is 1. The van der Waals surface area contributed by atoms with E-state index < -0.39 is 0 Å². The second kappa shape index (κ2) is 11.5. The summed E-state index contributed by atoms with van der Waals surface area (Å²) >= 11 is 0. The minimum atomic E-state index is -0.0508. The lowest BCUT2D eigenvalue weighted by atomic mass is 10.1. The number of carbonyl (C=O) groups is 1. The van der Waals surface area contributed by atoms with Gasteiger partial charge in [0.2, 0.25) is 5.91 Å². The van der Waals surface area contributed by atoms with Gasteiger partial charge in [0.05, 0.1) is 19.8 Å². The van der Waals surface area contributed by atoms with Crippen LogP contribution in [0.25, 0.3) is 0 Å². The molecule has 2 aromatic carbocycles. The smallest absolute Gasteiger partial charge is 0.224 e. The van der Waals surface area contributed by atoms with Crippen LogP contribution in [0.5, 0.6) is 17.2 Å². The van der Waals surface area contributed by atoms with Crippen LogP contribution in [-0.2, 0) is 16.0 Å². The van der Waals surface area contributed by atoms with Crippen LogP contribution in [0.1, 0.15) is 37.7 Å². The summed E-state index contributed by atoms with van der Waals surface area (Å²) in [5, 5.41) is 2.93. The fourth-order valence-electron chi connectivity index (χ4n) is 3.56. The van der Waals surface area contributed by atoms with Crippen molar-refractivity contribution < 1.29 is 23.7 Å². The summed E-state index contributed by atoms with van der Waals surface area (Å²) < 4.78 is 22.0. The zero-order valence-electron chi connectivity index (χ0n) is 17.8. The predicted molar refractivity (Wildman–Crippen MR) is 117 cm³/mol. The zero-order chi connectivity index (χ0) is 21.2. The molecule has 0 heterocycles. The average molecular weight is 414 g/mol.